The number of aromatic nitrogens is 1. The molecule has 8 rings (SSSR count). The highest BCUT2D eigenvalue weighted by Crippen LogP contribution is 2.42. The van der Waals surface area contributed by atoms with Gasteiger partial charge in [0.05, 0.1) is 11.6 Å². The molecule has 4 aliphatic rings. The number of pyridine rings is 1. The number of phenolic OH excluding ortho intramolecular Hbond substituents is 1. The lowest BCUT2D eigenvalue weighted by Gasteiger charge is -2.52. The lowest BCUT2D eigenvalue weighted by atomic mass is 9.70. The number of likely N-dealkylation sites (tertiary alicyclic amines) is 1. The number of aliphatic hydroxyl groups excluding tert-OH is 1. The van der Waals surface area contributed by atoms with Gasteiger partial charge >= 0.3 is 0 Å². The van der Waals surface area contributed by atoms with Gasteiger partial charge in [0.15, 0.2) is 0 Å². The number of phenols is 1. The maximum Gasteiger partial charge on any atom is 0.254 e. The number of carbonyl (C=O) groups is 2. The first-order chi connectivity index (χ1) is 24.9. The van der Waals surface area contributed by atoms with E-state index in [0.717, 1.165) is 38.8 Å². The number of benzene rings is 3. The van der Waals surface area contributed by atoms with Gasteiger partial charge in [-0.1, -0.05) is 36.4 Å². The van der Waals surface area contributed by atoms with Gasteiger partial charge in [-0.2, -0.15) is 0 Å². The fourth-order valence-electron chi connectivity index (χ4n) is 8.64. The van der Waals surface area contributed by atoms with Crippen LogP contribution in [0.15, 0.2) is 83.7 Å². The summed E-state index contributed by atoms with van der Waals surface area (Å²) < 4.78 is 0. The molecule has 2 bridgehead atoms. The van der Waals surface area contributed by atoms with Crippen molar-refractivity contribution in [3.05, 3.63) is 111 Å². The summed E-state index contributed by atoms with van der Waals surface area (Å²) in [6, 6.07) is 24.2. The van der Waals surface area contributed by atoms with E-state index in [1.54, 1.807) is 36.4 Å². The summed E-state index contributed by atoms with van der Waals surface area (Å²) in [4.78, 5) is 46.0. The van der Waals surface area contributed by atoms with Crippen molar-refractivity contribution in [2.24, 2.45) is 11.8 Å². The lowest BCUT2D eigenvalue weighted by molar-refractivity contribution is -0.0155. The molecule has 5 heterocycles. The van der Waals surface area contributed by atoms with Crippen LogP contribution >= 0.6 is 0 Å². The van der Waals surface area contributed by atoms with Crippen LogP contribution in [0.25, 0.3) is 10.9 Å². The zero-order valence-electron chi connectivity index (χ0n) is 29.1. The zero-order valence-corrected chi connectivity index (χ0v) is 29.1. The van der Waals surface area contributed by atoms with Crippen LogP contribution in [0.2, 0.25) is 0 Å². The van der Waals surface area contributed by atoms with Crippen molar-refractivity contribution < 1.29 is 19.8 Å². The van der Waals surface area contributed by atoms with E-state index in [1.165, 1.54) is 43.6 Å². The second-order valence-corrected chi connectivity index (χ2v) is 14.5. The Balaban J connectivity index is 0.883. The highest BCUT2D eigenvalue weighted by molar-refractivity contribution is 5.98. The Morgan fingerprint density at radius 3 is 2.35 bits per heavy atom. The molecule has 1 aromatic heterocycles. The van der Waals surface area contributed by atoms with Crippen LogP contribution < -0.4 is 16.2 Å². The van der Waals surface area contributed by atoms with Crippen LogP contribution in [-0.2, 0) is 0 Å². The van der Waals surface area contributed by atoms with Crippen molar-refractivity contribution in [3.63, 3.8) is 0 Å². The molecule has 4 unspecified atom stereocenters. The number of H-pyrrole nitrogens is 1. The van der Waals surface area contributed by atoms with E-state index < -0.39 is 6.10 Å². The van der Waals surface area contributed by atoms with E-state index >= 15 is 0 Å². The fraction of sp³-hybridized carbons (Fsp3) is 0.439. The molecule has 4 fully saturated rings. The summed E-state index contributed by atoms with van der Waals surface area (Å²) >= 11 is 0. The average molecular weight is 692 g/mol. The number of rotatable bonds is 12. The topological polar surface area (TPSA) is 138 Å². The second kappa shape index (κ2) is 15.8. The smallest absolute Gasteiger partial charge is 0.254 e. The molecule has 2 amide bonds. The Morgan fingerprint density at radius 1 is 0.863 bits per heavy atom. The first-order valence-electron chi connectivity index (χ1n) is 18.6. The highest BCUT2D eigenvalue weighted by Gasteiger charge is 2.44. The van der Waals surface area contributed by atoms with E-state index in [9.17, 15) is 24.6 Å². The Bertz CT molecular complexity index is 1870. The molecule has 10 heteroatoms. The molecule has 4 atom stereocenters. The van der Waals surface area contributed by atoms with Crippen LogP contribution in [0.4, 0.5) is 0 Å². The van der Waals surface area contributed by atoms with Crippen molar-refractivity contribution in [2.45, 2.75) is 56.6 Å². The summed E-state index contributed by atoms with van der Waals surface area (Å²) in [5.74, 6) is 1.51. The third-order valence-electron chi connectivity index (χ3n) is 11.4. The van der Waals surface area contributed by atoms with Gasteiger partial charge in [0, 0.05) is 54.8 Å². The first-order valence-corrected chi connectivity index (χ1v) is 18.6. The SMILES string of the molecule is O=C(NCCCCNCC(O)c1ccc(O)c2[nH]c(=O)ccc12)c1ccc(C(=O)N2CCC(c3ccccc3)CC2C2CN3CCC2CC3)cc1. The number of hydrogen-bond donors (Lipinski definition) is 5. The number of unbranched alkanes of at least 4 members (excludes halogenated alkanes) is 1. The summed E-state index contributed by atoms with van der Waals surface area (Å²) in [6.07, 6.45) is 5.15. The molecule has 0 spiro atoms. The largest absolute Gasteiger partial charge is 0.506 e. The predicted molar refractivity (Wildman–Crippen MR) is 198 cm³/mol. The van der Waals surface area contributed by atoms with E-state index in [2.05, 4.69) is 55.7 Å². The maximum absolute atomic E-state index is 14.1. The third kappa shape index (κ3) is 7.88. The summed E-state index contributed by atoms with van der Waals surface area (Å²) in [6.45, 7) is 5.66. The first kappa shape index (κ1) is 34.9. The Hall–Kier alpha value is -4.51. The minimum atomic E-state index is -0.819. The highest BCUT2D eigenvalue weighted by atomic mass is 16.3. The molecule has 268 valence electrons. The number of nitrogens with one attached hydrogen (secondary N) is 3. The van der Waals surface area contributed by atoms with Gasteiger partial charge < -0.3 is 35.6 Å². The van der Waals surface area contributed by atoms with Crippen molar-refractivity contribution in [1.29, 1.82) is 0 Å². The second-order valence-electron chi connectivity index (χ2n) is 14.5. The number of amides is 2. The third-order valence-corrected chi connectivity index (χ3v) is 11.4. The number of nitrogens with zero attached hydrogens (tertiary/aromatic N) is 2. The molecular formula is C41H49N5O5. The molecule has 0 saturated carbocycles. The van der Waals surface area contributed by atoms with Gasteiger partial charge in [-0.3, -0.25) is 14.4 Å². The van der Waals surface area contributed by atoms with Crippen LogP contribution in [-0.4, -0.2) is 88.7 Å². The van der Waals surface area contributed by atoms with E-state index in [-0.39, 0.29) is 29.2 Å². The maximum atomic E-state index is 14.1. The number of fused-ring (bicyclic) bond motifs is 4. The Kier molecular flexibility index (Phi) is 10.8. The van der Waals surface area contributed by atoms with Crippen LogP contribution in [0.3, 0.4) is 0 Å². The molecule has 4 aromatic rings. The minimum absolute atomic E-state index is 0.0408. The molecule has 4 aliphatic heterocycles. The minimum Gasteiger partial charge on any atom is -0.506 e. The van der Waals surface area contributed by atoms with Crippen molar-refractivity contribution in [2.75, 3.05) is 45.8 Å². The number of carbonyl (C=O) groups excluding carboxylic acids is 2. The monoisotopic (exact) mass is 691 g/mol. The zero-order chi connectivity index (χ0) is 35.3. The van der Waals surface area contributed by atoms with Crippen molar-refractivity contribution in [1.82, 2.24) is 25.4 Å². The molecule has 51 heavy (non-hydrogen) atoms. The normalized spacial score (nSPS) is 23.6. The molecule has 0 radical (unpaired) electrons. The molecular weight excluding hydrogens is 642 g/mol. The van der Waals surface area contributed by atoms with Crippen molar-refractivity contribution in [3.8, 4) is 5.75 Å². The number of aromatic amines is 1. The van der Waals surface area contributed by atoms with Crippen LogP contribution in [0, 0.1) is 11.8 Å². The van der Waals surface area contributed by atoms with Gasteiger partial charge in [0.25, 0.3) is 11.8 Å². The van der Waals surface area contributed by atoms with Crippen LogP contribution in [0.1, 0.15) is 82.4 Å². The number of aliphatic hydroxyl groups is 1. The standard InChI is InChI=1S/C41H49N5O5/c47-36-14-12-32(33-13-15-38(49)44-39(33)36)37(48)25-42-19-4-5-20-43-40(50)29-8-10-30(11-9-29)41(51)46-23-18-31(27-6-2-1-3-7-27)24-35(46)34-26-45-21-16-28(34)17-22-45/h1-3,6-15,28,31,34-35,37,42,47-48H,4-5,16-26H2,(H,43,50)(H,44,49). The van der Waals surface area contributed by atoms with Gasteiger partial charge in [-0.25, -0.2) is 0 Å². The summed E-state index contributed by atoms with van der Waals surface area (Å²) in [5, 5.41) is 27.6. The van der Waals surface area contributed by atoms with Gasteiger partial charge in [-0.15, -0.1) is 0 Å². The Morgan fingerprint density at radius 2 is 1.61 bits per heavy atom. The number of aromatic hydroxyl groups is 1. The molecule has 4 saturated heterocycles. The molecule has 3 aromatic carbocycles. The number of hydrogen-bond acceptors (Lipinski definition) is 7. The predicted octanol–water partition coefficient (Wildman–Crippen LogP) is 4.80. The van der Waals surface area contributed by atoms with Crippen molar-refractivity contribution >= 4 is 22.7 Å². The average Bonchev–Trinajstić information content (AvgIpc) is 3.18. The molecule has 10 nitrogen and oxygen atoms in total. The van der Waals surface area contributed by atoms with E-state index in [4.69, 9.17) is 0 Å². The number of piperidine rings is 4. The van der Waals surface area contributed by atoms with Gasteiger partial charge in [-0.05, 0) is 123 Å². The molecule has 5 N–H and O–H groups in total. The summed E-state index contributed by atoms with van der Waals surface area (Å²) in [5.41, 5.74) is 3.16. The van der Waals surface area contributed by atoms with E-state index in [1.807, 2.05) is 0 Å². The van der Waals surface area contributed by atoms with Gasteiger partial charge in [0.2, 0.25) is 5.56 Å². The molecule has 0 aliphatic carbocycles. The van der Waals surface area contributed by atoms with E-state index in [0.29, 0.717) is 65.0 Å². The Labute approximate surface area is 298 Å². The summed E-state index contributed by atoms with van der Waals surface area (Å²) in [7, 11) is 0. The lowest BCUT2D eigenvalue weighted by Crippen LogP contribution is -2.58. The van der Waals surface area contributed by atoms with Gasteiger partial charge in [0.1, 0.15) is 5.75 Å². The fourth-order valence-corrected chi connectivity index (χ4v) is 8.64. The van der Waals surface area contributed by atoms with Crippen LogP contribution in [0.5, 0.6) is 5.75 Å². The quantitative estimate of drug-likeness (QED) is 0.135.